The van der Waals surface area contributed by atoms with Gasteiger partial charge in [-0.3, -0.25) is 9.69 Å². The van der Waals surface area contributed by atoms with Crippen molar-refractivity contribution in [3.63, 3.8) is 0 Å². The van der Waals surface area contributed by atoms with Crippen molar-refractivity contribution in [2.24, 2.45) is 0 Å². The van der Waals surface area contributed by atoms with E-state index in [9.17, 15) is 15.0 Å². The van der Waals surface area contributed by atoms with Gasteiger partial charge in [-0.1, -0.05) is 13.0 Å². The molecule has 1 aliphatic rings. The number of ether oxygens (including phenoxy) is 1. The first kappa shape index (κ1) is 14.6. The summed E-state index contributed by atoms with van der Waals surface area (Å²) in [7, 11) is 0. The third kappa shape index (κ3) is 3.40. The van der Waals surface area contributed by atoms with Gasteiger partial charge in [0.1, 0.15) is 17.1 Å². The number of carbonyl (C=O) groups is 1. The van der Waals surface area contributed by atoms with Gasteiger partial charge in [-0.15, -0.1) is 0 Å². The second kappa shape index (κ2) is 6.58. The Labute approximate surface area is 118 Å². The molecular weight excluding hydrogens is 260 g/mol. The molecule has 1 unspecified atom stereocenters. The Morgan fingerprint density at radius 3 is 2.80 bits per heavy atom. The minimum Gasteiger partial charge on any atom is -0.507 e. The molecule has 1 saturated heterocycles. The molecule has 1 aromatic carbocycles. The van der Waals surface area contributed by atoms with Crippen LogP contribution in [-0.2, 0) is 4.74 Å². The number of carbonyl (C=O) groups excluding carboxylic acids is 1. The lowest BCUT2D eigenvalue weighted by atomic mass is 10.1. The molecule has 3 N–H and O–H groups in total. The van der Waals surface area contributed by atoms with Crippen LogP contribution in [0, 0.1) is 0 Å². The van der Waals surface area contributed by atoms with E-state index in [1.807, 2.05) is 0 Å². The molecule has 0 aliphatic carbocycles. The fourth-order valence-corrected chi connectivity index (χ4v) is 2.25. The number of phenolic OH excluding ortho intramolecular Hbond substituents is 2. The maximum absolute atomic E-state index is 12.0. The zero-order valence-electron chi connectivity index (χ0n) is 11.5. The van der Waals surface area contributed by atoms with Crippen molar-refractivity contribution >= 4 is 5.91 Å². The summed E-state index contributed by atoms with van der Waals surface area (Å²) in [5, 5.41) is 21.9. The Morgan fingerprint density at radius 2 is 2.15 bits per heavy atom. The van der Waals surface area contributed by atoms with Crippen LogP contribution < -0.4 is 5.32 Å². The lowest BCUT2D eigenvalue weighted by Gasteiger charge is -2.32. The first-order chi connectivity index (χ1) is 9.61. The number of benzene rings is 1. The minimum atomic E-state index is -0.502. The number of nitrogens with one attached hydrogen (secondary N) is 1. The molecular formula is C14H20N2O4. The zero-order chi connectivity index (χ0) is 14.5. The first-order valence-electron chi connectivity index (χ1n) is 6.75. The molecule has 1 fully saturated rings. The topological polar surface area (TPSA) is 82.0 Å². The van der Waals surface area contributed by atoms with Crippen molar-refractivity contribution in [3.8, 4) is 11.5 Å². The van der Waals surface area contributed by atoms with E-state index in [0.29, 0.717) is 13.2 Å². The summed E-state index contributed by atoms with van der Waals surface area (Å²) in [6.45, 7) is 5.71. The molecule has 6 nitrogen and oxygen atoms in total. The predicted octanol–water partition coefficient (Wildman–Crippen LogP) is 0.548. The summed E-state index contributed by atoms with van der Waals surface area (Å²) < 4.78 is 5.58. The van der Waals surface area contributed by atoms with E-state index < -0.39 is 5.91 Å². The van der Waals surface area contributed by atoms with E-state index in [4.69, 9.17) is 4.74 Å². The number of rotatable bonds is 4. The lowest BCUT2D eigenvalue weighted by Crippen LogP contribution is -2.47. The smallest absolute Gasteiger partial charge is 0.258 e. The number of morpholine rings is 1. The molecule has 1 aromatic rings. The Balaban J connectivity index is 1.92. The maximum Gasteiger partial charge on any atom is 0.258 e. The second-order valence-electron chi connectivity index (χ2n) is 4.77. The molecule has 0 saturated carbocycles. The summed E-state index contributed by atoms with van der Waals surface area (Å²) in [6.07, 6.45) is -0.0688. The third-order valence-corrected chi connectivity index (χ3v) is 3.41. The average molecular weight is 280 g/mol. The van der Waals surface area contributed by atoms with Gasteiger partial charge in [0, 0.05) is 19.6 Å². The number of hydrogen-bond donors (Lipinski definition) is 3. The van der Waals surface area contributed by atoms with Crippen LogP contribution in [0.5, 0.6) is 11.5 Å². The Bertz CT molecular complexity index is 458. The van der Waals surface area contributed by atoms with E-state index in [1.165, 1.54) is 18.2 Å². The highest BCUT2D eigenvalue weighted by atomic mass is 16.5. The molecule has 0 bridgehead atoms. The van der Waals surface area contributed by atoms with Gasteiger partial charge in [0.2, 0.25) is 0 Å². The Hall–Kier alpha value is -1.79. The van der Waals surface area contributed by atoms with Gasteiger partial charge in [-0.2, -0.15) is 0 Å². The Morgan fingerprint density at radius 1 is 1.45 bits per heavy atom. The van der Waals surface area contributed by atoms with Crippen molar-refractivity contribution in [2.75, 3.05) is 32.8 Å². The number of likely N-dealkylation sites (N-methyl/N-ethyl adjacent to an activating group) is 1. The molecule has 1 heterocycles. The van der Waals surface area contributed by atoms with Gasteiger partial charge in [-0.05, 0) is 18.7 Å². The lowest BCUT2D eigenvalue weighted by molar-refractivity contribution is -0.0246. The molecule has 2 rings (SSSR count). The highest BCUT2D eigenvalue weighted by Crippen LogP contribution is 2.25. The second-order valence-corrected chi connectivity index (χ2v) is 4.77. The minimum absolute atomic E-state index is 0.0688. The summed E-state index contributed by atoms with van der Waals surface area (Å²) in [4.78, 5) is 14.2. The molecule has 6 heteroatoms. The largest absolute Gasteiger partial charge is 0.507 e. The van der Waals surface area contributed by atoms with Crippen LogP contribution in [0.2, 0.25) is 0 Å². The van der Waals surface area contributed by atoms with Gasteiger partial charge in [-0.25, -0.2) is 0 Å². The van der Waals surface area contributed by atoms with Gasteiger partial charge in [0.15, 0.2) is 0 Å². The van der Waals surface area contributed by atoms with Crippen LogP contribution in [0.25, 0.3) is 0 Å². The zero-order valence-corrected chi connectivity index (χ0v) is 11.5. The van der Waals surface area contributed by atoms with Gasteiger partial charge in [0.05, 0.1) is 12.7 Å². The molecule has 0 spiro atoms. The van der Waals surface area contributed by atoms with E-state index in [-0.39, 0.29) is 23.2 Å². The van der Waals surface area contributed by atoms with Gasteiger partial charge >= 0.3 is 0 Å². The van der Waals surface area contributed by atoms with Crippen LogP contribution in [0.3, 0.4) is 0 Å². The molecule has 0 aromatic heterocycles. The normalized spacial score (nSPS) is 19.8. The first-order valence-corrected chi connectivity index (χ1v) is 6.75. The molecule has 1 aliphatic heterocycles. The van der Waals surface area contributed by atoms with Crippen LogP contribution in [-0.4, -0.2) is 59.9 Å². The number of nitrogens with zero attached hydrogens (tertiary/aromatic N) is 1. The van der Waals surface area contributed by atoms with Gasteiger partial charge < -0.3 is 20.3 Å². The Kier molecular flexibility index (Phi) is 4.81. The molecule has 20 heavy (non-hydrogen) atoms. The van der Waals surface area contributed by atoms with Crippen molar-refractivity contribution in [2.45, 2.75) is 13.0 Å². The fourth-order valence-electron chi connectivity index (χ4n) is 2.25. The van der Waals surface area contributed by atoms with Crippen LogP contribution in [0.1, 0.15) is 17.3 Å². The maximum atomic E-state index is 12.0. The van der Waals surface area contributed by atoms with Crippen LogP contribution in [0.4, 0.5) is 0 Å². The van der Waals surface area contributed by atoms with Crippen LogP contribution >= 0.6 is 0 Å². The van der Waals surface area contributed by atoms with Crippen molar-refractivity contribution < 1.29 is 19.7 Å². The summed E-state index contributed by atoms with van der Waals surface area (Å²) in [5.41, 5.74) is -0.101. The molecule has 1 atom stereocenters. The monoisotopic (exact) mass is 280 g/mol. The summed E-state index contributed by atoms with van der Waals surface area (Å²) in [5.74, 6) is -0.970. The fraction of sp³-hybridized carbons (Fsp3) is 0.500. The molecule has 110 valence electrons. The number of aromatic hydroxyl groups is 2. The standard InChI is InChI=1S/C14H20N2O4/c1-2-16-6-7-20-10(9-16)8-15-14(19)13-11(17)4-3-5-12(13)18/h3-5,10,17-18H,2,6-9H2,1H3,(H,15,19). The van der Waals surface area contributed by atoms with Crippen molar-refractivity contribution in [1.29, 1.82) is 0 Å². The predicted molar refractivity (Wildman–Crippen MR) is 74.0 cm³/mol. The SMILES string of the molecule is CCN1CCOC(CNC(=O)c2c(O)cccc2O)C1. The third-order valence-electron chi connectivity index (χ3n) is 3.41. The molecule has 0 radical (unpaired) electrons. The summed E-state index contributed by atoms with van der Waals surface area (Å²) in [6, 6.07) is 4.21. The molecule has 1 amide bonds. The van der Waals surface area contributed by atoms with E-state index in [1.54, 1.807) is 0 Å². The van der Waals surface area contributed by atoms with Crippen LogP contribution in [0.15, 0.2) is 18.2 Å². The number of hydrogen-bond acceptors (Lipinski definition) is 5. The van der Waals surface area contributed by atoms with E-state index in [2.05, 4.69) is 17.1 Å². The average Bonchev–Trinajstić information content (AvgIpc) is 2.45. The van der Waals surface area contributed by atoms with E-state index >= 15 is 0 Å². The van der Waals surface area contributed by atoms with Crippen molar-refractivity contribution in [3.05, 3.63) is 23.8 Å². The number of amides is 1. The van der Waals surface area contributed by atoms with Gasteiger partial charge in [0.25, 0.3) is 5.91 Å². The van der Waals surface area contributed by atoms with E-state index in [0.717, 1.165) is 19.6 Å². The summed E-state index contributed by atoms with van der Waals surface area (Å²) >= 11 is 0. The number of phenols is 2. The quantitative estimate of drug-likeness (QED) is 0.750. The van der Waals surface area contributed by atoms with Crippen molar-refractivity contribution in [1.82, 2.24) is 10.2 Å². The highest BCUT2D eigenvalue weighted by molar-refractivity contribution is 5.99. The highest BCUT2D eigenvalue weighted by Gasteiger charge is 2.21.